The molecule has 2 aromatic heterocycles. The second kappa shape index (κ2) is 6.61. The van der Waals surface area contributed by atoms with Gasteiger partial charge in [0.05, 0.1) is 21.2 Å². The minimum absolute atomic E-state index is 0.908. The Morgan fingerprint density at radius 2 is 1.33 bits per heavy atom. The molecule has 0 atom stereocenters. The van der Waals surface area contributed by atoms with E-state index in [1.807, 2.05) is 0 Å². The Labute approximate surface area is 116 Å². The van der Waals surface area contributed by atoms with Crippen LogP contribution in [0.3, 0.4) is 0 Å². The Bertz CT molecular complexity index is 472. The van der Waals surface area contributed by atoms with Gasteiger partial charge in [-0.2, -0.15) is 10.2 Å². The molecule has 94 valence electrons. The molecule has 0 N–H and O–H groups in total. The summed E-state index contributed by atoms with van der Waals surface area (Å²) in [6.45, 7) is 4.23. The van der Waals surface area contributed by atoms with E-state index in [0.717, 1.165) is 24.3 Å². The highest BCUT2D eigenvalue weighted by Crippen LogP contribution is 2.15. The highest BCUT2D eigenvalue weighted by molar-refractivity contribution is 7.12. The molecule has 18 heavy (non-hydrogen) atoms. The van der Waals surface area contributed by atoms with Crippen molar-refractivity contribution in [1.82, 2.24) is 0 Å². The molecule has 0 bridgehead atoms. The first-order valence-corrected chi connectivity index (χ1v) is 7.82. The summed E-state index contributed by atoms with van der Waals surface area (Å²) in [5, 5.41) is 13.0. The predicted octanol–water partition coefficient (Wildman–Crippen LogP) is 4.82. The van der Waals surface area contributed by atoms with Crippen LogP contribution in [0.15, 0.2) is 45.2 Å². The van der Waals surface area contributed by atoms with Gasteiger partial charge in [0.2, 0.25) is 0 Å². The fourth-order valence-electron chi connectivity index (χ4n) is 1.59. The molecule has 0 unspecified atom stereocenters. The summed E-state index contributed by atoms with van der Waals surface area (Å²) in [4.78, 5) is 2.42. The molecule has 0 radical (unpaired) electrons. The molecule has 0 aliphatic rings. The molecule has 4 heteroatoms. The highest BCUT2D eigenvalue weighted by atomic mass is 32.1. The second-order valence-corrected chi connectivity index (χ2v) is 5.65. The van der Waals surface area contributed by atoms with Crippen molar-refractivity contribution in [2.45, 2.75) is 26.7 Å². The summed E-state index contributed by atoms with van der Waals surface area (Å²) in [6, 6.07) is 8.29. The van der Waals surface area contributed by atoms with E-state index in [4.69, 9.17) is 0 Å². The summed E-state index contributed by atoms with van der Waals surface area (Å²) < 4.78 is 0. The van der Waals surface area contributed by atoms with Crippen LogP contribution < -0.4 is 0 Å². The fourth-order valence-corrected chi connectivity index (χ4v) is 3.16. The molecule has 0 aromatic carbocycles. The van der Waals surface area contributed by atoms with E-state index in [-0.39, 0.29) is 0 Å². The number of hydrogen-bond acceptors (Lipinski definition) is 4. The maximum Gasteiger partial charge on any atom is 0.0799 e. The van der Waals surface area contributed by atoms with Crippen LogP contribution in [0.1, 0.15) is 36.4 Å². The SMILES string of the molecule is CC/C(=N/N=C(/CC)c1cccs1)c1cccs1. The van der Waals surface area contributed by atoms with Gasteiger partial charge in [0, 0.05) is 0 Å². The van der Waals surface area contributed by atoms with Gasteiger partial charge in [-0.15, -0.1) is 22.7 Å². The van der Waals surface area contributed by atoms with Gasteiger partial charge in [0.15, 0.2) is 0 Å². The first-order chi connectivity index (χ1) is 8.85. The van der Waals surface area contributed by atoms with Crippen LogP contribution in [-0.2, 0) is 0 Å². The first-order valence-electron chi connectivity index (χ1n) is 6.06. The number of rotatable bonds is 5. The molecule has 0 saturated carbocycles. The lowest BCUT2D eigenvalue weighted by atomic mass is 10.2. The van der Waals surface area contributed by atoms with Crippen molar-refractivity contribution in [3.63, 3.8) is 0 Å². The Hall–Kier alpha value is -1.26. The molecule has 0 spiro atoms. The lowest BCUT2D eigenvalue weighted by Crippen LogP contribution is -1.98. The Morgan fingerprint density at radius 1 is 0.889 bits per heavy atom. The molecule has 0 saturated heterocycles. The molecule has 2 rings (SSSR count). The zero-order valence-corrected chi connectivity index (χ0v) is 12.2. The molecule has 0 aliphatic heterocycles. The molecular weight excluding hydrogens is 260 g/mol. The van der Waals surface area contributed by atoms with Crippen molar-refractivity contribution in [1.29, 1.82) is 0 Å². The van der Waals surface area contributed by atoms with Gasteiger partial charge in [0.1, 0.15) is 0 Å². The van der Waals surface area contributed by atoms with Crippen LogP contribution in [0.2, 0.25) is 0 Å². The molecule has 0 fully saturated rings. The lowest BCUT2D eigenvalue weighted by Gasteiger charge is -2.00. The van der Waals surface area contributed by atoms with E-state index < -0.39 is 0 Å². The zero-order valence-electron chi connectivity index (χ0n) is 10.6. The minimum Gasteiger partial charge on any atom is -0.154 e. The van der Waals surface area contributed by atoms with Gasteiger partial charge in [0.25, 0.3) is 0 Å². The monoisotopic (exact) mass is 276 g/mol. The summed E-state index contributed by atoms with van der Waals surface area (Å²) >= 11 is 3.43. The fraction of sp³-hybridized carbons (Fsp3) is 0.286. The molecular formula is C14H16N2S2. The van der Waals surface area contributed by atoms with Gasteiger partial charge >= 0.3 is 0 Å². The molecule has 2 nitrogen and oxygen atoms in total. The zero-order chi connectivity index (χ0) is 12.8. The predicted molar refractivity (Wildman–Crippen MR) is 82.3 cm³/mol. The minimum atomic E-state index is 0.908. The average Bonchev–Trinajstić information content (AvgIpc) is 3.07. The third-order valence-electron chi connectivity index (χ3n) is 2.57. The number of nitrogens with zero attached hydrogens (tertiary/aromatic N) is 2. The van der Waals surface area contributed by atoms with Gasteiger partial charge in [-0.05, 0) is 35.7 Å². The maximum atomic E-state index is 4.43. The van der Waals surface area contributed by atoms with Gasteiger partial charge in [-0.3, -0.25) is 0 Å². The number of hydrogen-bond donors (Lipinski definition) is 0. The van der Waals surface area contributed by atoms with Gasteiger partial charge in [-0.1, -0.05) is 26.0 Å². The Morgan fingerprint density at radius 3 is 1.61 bits per heavy atom. The molecule has 2 heterocycles. The van der Waals surface area contributed by atoms with E-state index in [1.54, 1.807) is 22.7 Å². The van der Waals surface area contributed by atoms with Crippen molar-refractivity contribution in [2.75, 3.05) is 0 Å². The Kier molecular flexibility index (Phi) is 4.84. The quantitative estimate of drug-likeness (QED) is 0.552. The number of thiophene rings is 2. The maximum absolute atomic E-state index is 4.43. The van der Waals surface area contributed by atoms with Gasteiger partial charge in [-0.25, -0.2) is 0 Å². The van der Waals surface area contributed by atoms with E-state index in [1.165, 1.54) is 9.75 Å². The summed E-state index contributed by atoms with van der Waals surface area (Å²) in [6.07, 6.45) is 1.82. The van der Waals surface area contributed by atoms with Crippen LogP contribution in [0, 0.1) is 0 Å². The van der Waals surface area contributed by atoms with E-state index in [2.05, 4.69) is 59.1 Å². The van der Waals surface area contributed by atoms with Crippen LogP contribution in [0.25, 0.3) is 0 Å². The van der Waals surface area contributed by atoms with Crippen LogP contribution in [0.5, 0.6) is 0 Å². The smallest absolute Gasteiger partial charge is 0.0799 e. The van der Waals surface area contributed by atoms with Gasteiger partial charge < -0.3 is 0 Å². The third-order valence-corrected chi connectivity index (χ3v) is 4.41. The van der Waals surface area contributed by atoms with E-state index in [9.17, 15) is 0 Å². The van der Waals surface area contributed by atoms with Crippen molar-refractivity contribution in [3.05, 3.63) is 44.8 Å². The third kappa shape index (κ3) is 3.15. The van der Waals surface area contributed by atoms with E-state index in [0.29, 0.717) is 0 Å². The lowest BCUT2D eigenvalue weighted by molar-refractivity contribution is 1.14. The van der Waals surface area contributed by atoms with Crippen molar-refractivity contribution < 1.29 is 0 Å². The molecule has 2 aromatic rings. The van der Waals surface area contributed by atoms with Crippen LogP contribution in [-0.4, -0.2) is 11.4 Å². The Balaban J connectivity index is 2.26. The van der Waals surface area contributed by atoms with Crippen molar-refractivity contribution >= 4 is 34.1 Å². The van der Waals surface area contributed by atoms with Crippen LogP contribution >= 0.6 is 22.7 Å². The summed E-state index contributed by atoms with van der Waals surface area (Å²) in [7, 11) is 0. The summed E-state index contributed by atoms with van der Waals surface area (Å²) in [5.74, 6) is 0. The van der Waals surface area contributed by atoms with Crippen LogP contribution in [0.4, 0.5) is 0 Å². The standard InChI is InChI=1S/C14H16N2S2/c1-3-11(13-7-5-9-17-13)15-16-12(4-2)14-8-6-10-18-14/h5-10H,3-4H2,1-2H3/b15-11-,16-12-. The topological polar surface area (TPSA) is 24.7 Å². The van der Waals surface area contributed by atoms with E-state index >= 15 is 0 Å². The summed E-state index contributed by atoms with van der Waals surface area (Å²) in [5.41, 5.74) is 2.13. The highest BCUT2D eigenvalue weighted by Gasteiger charge is 2.04. The molecule has 0 aliphatic carbocycles. The average molecular weight is 276 g/mol. The largest absolute Gasteiger partial charge is 0.154 e. The first kappa shape index (κ1) is 13.2. The molecule has 0 amide bonds. The normalized spacial score (nSPS) is 13.0. The van der Waals surface area contributed by atoms with Crippen molar-refractivity contribution in [2.24, 2.45) is 10.2 Å². The van der Waals surface area contributed by atoms with Crippen molar-refractivity contribution in [3.8, 4) is 0 Å². The second-order valence-electron chi connectivity index (χ2n) is 3.76.